The first-order chi connectivity index (χ1) is 14.7. The molecule has 0 bridgehead atoms. The second-order valence-electron chi connectivity index (χ2n) is 9.44. The van der Waals surface area contributed by atoms with Crippen molar-refractivity contribution in [2.24, 2.45) is 5.92 Å². The van der Waals surface area contributed by atoms with Gasteiger partial charge in [0.2, 0.25) is 0 Å². The smallest absolute Gasteiger partial charge is 0.410 e. The standard InChI is InChI=1S/C25H30N2O4/c1-25(2,3)31-24(30)27-14-19-13-26-23(29)21-12-18(7-8-20(21)22(19)15-27)17-6-4-5-16(11-17)9-10-28/h4-8,11-12,19,22,28H,9-10,13-15H2,1-3H3,(H,26,29). The molecule has 0 aromatic heterocycles. The van der Waals surface area contributed by atoms with Crippen LogP contribution in [0.3, 0.4) is 0 Å². The number of benzene rings is 2. The van der Waals surface area contributed by atoms with Gasteiger partial charge in [0.15, 0.2) is 0 Å². The highest BCUT2D eigenvalue weighted by atomic mass is 16.6. The molecule has 1 saturated heterocycles. The van der Waals surface area contributed by atoms with Gasteiger partial charge < -0.3 is 20.1 Å². The molecule has 31 heavy (non-hydrogen) atoms. The Morgan fingerprint density at radius 2 is 1.94 bits per heavy atom. The summed E-state index contributed by atoms with van der Waals surface area (Å²) in [5.41, 5.74) is 4.17. The summed E-state index contributed by atoms with van der Waals surface area (Å²) < 4.78 is 5.56. The van der Waals surface area contributed by atoms with Gasteiger partial charge in [-0.25, -0.2) is 4.79 Å². The fraction of sp³-hybridized carbons (Fsp3) is 0.440. The number of fused-ring (bicyclic) bond motifs is 3. The zero-order valence-corrected chi connectivity index (χ0v) is 18.4. The van der Waals surface area contributed by atoms with Crippen LogP contribution in [0, 0.1) is 5.92 Å². The summed E-state index contributed by atoms with van der Waals surface area (Å²) >= 11 is 0. The average Bonchev–Trinajstić information content (AvgIpc) is 3.10. The minimum atomic E-state index is -0.534. The Kier molecular flexibility index (Phi) is 5.75. The Hall–Kier alpha value is -2.86. The quantitative estimate of drug-likeness (QED) is 0.793. The second-order valence-corrected chi connectivity index (χ2v) is 9.44. The van der Waals surface area contributed by atoms with Crippen LogP contribution in [0.2, 0.25) is 0 Å². The molecule has 2 heterocycles. The number of aliphatic hydroxyl groups is 1. The van der Waals surface area contributed by atoms with E-state index in [1.807, 2.05) is 57.2 Å². The van der Waals surface area contributed by atoms with Crippen molar-refractivity contribution in [3.8, 4) is 11.1 Å². The van der Waals surface area contributed by atoms with E-state index >= 15 is 0 Å². The van der Waals surface area contributed by atoms with Crippen molar-refractivity contribution in [2.45, 2.75) is 38.7 Å². The van der Waals surface area contributed by atoms with Gasteiger partial charge in [-0.15, -0.1) is 0 Å². The molecular formula is C25H30N2O4. The molecule has 2 aromatic carbocycles. The Morgan fingerprint density at radius 1 is 1.16 bits per heavy atom. The highest BCUT2D eigenvalue weighted by molar-refractivity contribution is 5.97. The van der Waals surface area contributed by atoms with Crippen LogP contribution in [-0.2, 0) is 11.2 Å². The molecule has 2 aliphatic heterocycles. The lowest BCUT2D eigenvalue weighted by atomic mass is 9.86. The number of carbonyl (C=O) groups is 2. The van der Waals surface area contributed by atoms with Gasteiger partial charge in [-0.3, -0.25) is 4.79 Å². The molecule has 0 saturated carbocycles. The molecule has 2 aromatic rings. The Balaban J connectivity index is 1.63. The van der Waals surface area contributed by atoms with Crippen LogP contribution in [0.1, 0.15) is 48.2 Å². The van der Waals surface area contributed by atoms with Gasteiger partial charge >= 0.3 is 6.09 Å². The summed E-state index contributed by atoms with van der Waals surface area (Å²) in [4.78, 5) is 27.2. The third-order valence-corrected chi connectivity index (χ3v) is 5.98. The highest BCUT2D eigenvalue weighted by Gasteiger charge is 2.41. The summed E-state index contributed by atoms with van der Waals surface area (Å²) in [6, 6.07) is 14.0. The number of ether oxygens (including phenoxy) is 1. The molecule has 2 unspecified atom stereocenters. The van der Waals surface area contributed by atoms with E-state index in [1.165, 1.54) is 0 Å². The molecule has 6 heteroatoms. The normalized spacial score (nSPS) is 20.5. The van der Waals surface area contributed by atoms with Crippen molar-refractivity contribution in [1.82, 2.24) is 10.2 Å². The number of carbonyl (C=O) groups excluding carboxylic acids is 2. The lowest BCUT2D eigenvalue weighted by molar-refractivity contribution is 0.0287. The van der Waals surface area contributed by atoms with Crippen LogP contribution < -0.4 is 5.32 Å². The van der Waals surface area contributed by atoms with Crippen LogP contribution in [-0.4, -0.2) is 53.8 Å². The first kappa shape index (κ1) is 21.4. The Labute approximate surface area is 183 Å². The third kappa shape index (κ3) is 4.59. The summed E-state index contributed by atoms with van der Waals surface area (Å²) in [7, 11) is 0. The average molecular weight is 423 g/mol. The zero-order valence-electron chi connectivity index (χ0n) is 18.4. The van der Waals surface area contributed by atoms with Crippen molar-refractivity contribution in [3.63, 3.8) is 0 Å². The molecule has 6 nitrogen and oxygen atoms in total. The minimum absolute atomic E-state index is 0.0680. The largest absolute Gasteiger partial charge is 0.444 e. The van der Waals surface area contributed by atoms with Crippen molar-refractivity contribution in [3.05, 3.63) is 59.2 Å². The van der Waals surface area contributed by atoms with E-state index in [0.717, 1.165) is 22.3 Å². The summed E-state index contributed by atoms with van der Waals surface area (Å²) in [6.45, 7) is 7.37. The van der Waals surface area contributed by atoms with E-state index in [2.05, 4.69) is 11.4 Å². The van der Waals surface area contributed by atoms with Crippen LogP contribution >= 0.6 is 0 Å². The maximum Gasteiger partial charge on any atom is 0.410 e. The maximum atomic E-state index is 12.8. The summed E-state index contributed by atoms with van der Waals surface area (Å²) in [5, 5.41) is 12.3. The fourth-order valence-electron chi connectivity index (χ4n) is 4.52. The van der Waals surface area contributed by atoms with Crippen LogP contribution in [0.4, 0.5) is 4.79 Å². The van der Waals surface area contributed by atoms with Crippen molar-refractivity contribution >= 4 is 12.0 Å². The van der Waals surface area contributed by atoms with Crippen LogP contribution in [0.5, 0.6) is 0 Å². The van der Waals surface area contributed by atoms with Gasteiger partial charge in [-0.1, -0.05) is 36.4 Å². The van der Waals surface area contributed by atoms with Gasteiger partial charge in [0.25, 0.3) is 5.91 Å². The number of hydrogen-bond acceptors (Lipinski definition) is 4. The fourth-order valence-corrected chi connectivity index (χ4v) is 4.52. The van der Waals surface area contributed by atoms with Crippen molar-refractivity contribution in [1.29, 1.82) is 0 Å². The van der Waals surface area contributed by atoms with E-state index < -0.39 is 5.60 Å². The number of hydrogen-bond donors (Lipinski definition) is 2. The lowest BCUT2D eigenvalue weighted by Crippen LogP contribution is -2.36. The monoisotopic (exact) mass is 422 g/mol. The number of aliphatic hydroxyl groups excluding tert-OH is 1. The van der Waals surface area contributed by atoms with Gasteiger partial charge in [0.05, 0.1) is 0 Å². The molecule has 0 radical (unpaired) electrons. The van der Waals surface area contributed by atoms with E-state index in [0.29, 0.717) is 31.6 Å². The minimum Gasteiger partial charge on any atom is -0.444 e. The van der Waals surface area contributed by atoms with Crippen LogP contribution in [0.15, 0.2) is 42.5 Å². The molecule has 0 spiro atoms. The first-order valence-electron chi connectivity index (χ1n) is 10.9. The lowest BCUT2D eigenvalue weighted by Gasteiger charge is -2.24. The topological polar surface area (TPSA) is 78.9 Å². The number of nitrogens with one attached hydrogen (secondary N) is 1. The second kappa shape index (κ2) is 8.35. The number of nitrogens with zero attached hydrogens (tertiary/aromatic N) is 1. The van der Waals surface area contributed by atoms with E-state index in [-0.39, 0.29) is 30.4 Å². The number of rotatable bonds is 3. The van der Waals surface area contributed by atoms with E-state index in [4.69, 9.17) is 4.74 Å². The Morgan fingerprint density at radius 3 is 2.68 bits per heavy atom. The Bertz CT molecular complexity index is 995. The molecule has 2 amide bonds. The number of likely N-dealkylation sites (tertiary alicyclic amines) is 1. The SMILES string of the molecule is CC(C)(C)OC(=O)N1CC2CNC(=O)c3cc(-c4cccc(CCO)c4)ccc3C2C1. The zero-order chi connectivity index (χ0) is 22.2. The van der Waals surface area contributed by atoms with Crippen molar-refractivity contribution in [2.75, 3.05) is 26.2 Å². The third-order valence-electron chi connectivity index (χ3n) is 5.98. The molecule has 2 atom stereocenters. The number of amides is 2. The predicted molar refractivity (Wildman–Crippen MR) is 119 cm³/mol. The molecule has 0 aliphatic carbocycles. The van der Waals surface area contributed by atoms with Crippen LogP contribution in [0.25, 0.3) is 11.1 Å². The van der Waals surface area contributed by atoms with E-state index in [1.54, 1.807) is 4.90 Å². The first-order valence-corrected chi connectivity index (χ1v) is 10.9. The molecule has 4 rings (SSSR count). The summed E-state index contributed by atoms with van der Waals surface area (Å²) in [6.07, 6.45) is 0.301. The predicted octanol–water partition coefficient (Wildman–Crippen LogP) is 3.58. The molecule has 164 valence electrons. The van der Waals surface area contributed by atoms with E-state index in [9.17, 15) is 14.7 Å². The van der Waals surface area contributed by atoms with Gasteiger partial charge in [0.1, 0.15) is 5.60 Å². The van der Waals surface area contributed by atoms with Gasteiger partial charge in [0, 0.05) is 43.6 Å². The van der Waals surface area contributed by atoms with Gasteiger partial charge in [-0.05, 0) is 55.5 Å². The highest BCUT2D eigenvalue weighted by Crippen LogP contribution is 2.38. The maximum absolute atomic E-state index is 12.8. The molecule has 2 N–H and O–H groups in total. The summed E-state index contributed by atoms with van der Waals surface area (Å²) in [5.74, 6) is 0.189. The molecule has 2 aliphatic rings. The molecule has 1 fully saturated rings. The molecular weight excluding hydrogens is 392 g/mol. The van der Waals surface area contributed by atoms with Crippen molar-refractivity contribution < 1.29 is 19.4 Å². The van der Waals surface area contributed by atoms with Gasteiger partial charge in [-0.2, -0.15) is 0 Å².